The van der Waals surface area contributed by atoms with Gasteiger partial charge in [0.25, 0.3) is 0 Å². The Morgan fingerprint density at radius 2 is 0.734 bits per heavy atom. The van der Waals surface area contributed by atoms with E-state index in [1.165, 1.54) is 83.2 Å². The van der Waals surface area contributed by atoms with E-state index in [1.807, 2.05) is 0 Å². The summed E-state index contributed by atoms with van der Waals surface area (Å²) in [5.74, 6) is 0. The van der Waals surface area contributed by atoms with Gasteiger partial charge in [-0.2, -0.15) is 0 Å². The minimum Gasteiger partial charge on any atom is -0.310 e. The maximum absolute atomic E-state index is 2.53. The van der Waals surface area contributed by atoms with Gasteiger partial charge in [0, 0.05) is 39.2 Å². The molecule has 302 valence electrons. The molecule has 0 saturated carbocycles. The van der Waals surface area contributed by atoms with Crippen molar-refractivity contribution in [1.82, 2.24) is 0 Å². The van der Waals surface area contributed by atoms with Crippen molar-refractivity contribution in [3.05, 3.63) is 264 Å². The Bertz CT molecular complexity index is 3440. The van der Waals surface area contributed by atoms with Crippen LogP contribution in [-0.2, 0) is 10.8 Å². The lowest BCUT2D eigenvalue weighted by Gasteiger charge is -2.33. The lowest BCUT2D eigenvalue weighted by molar-refractivity contribution is 0.660. The van der Waals surface area contributed by atoms with Gasteiger partial charge in [0.15, 0.2) is 0 Å². The normalized spacial score (nSPS) is 15.5. The van der Waals surface area contributed by atoms with E-state index in [-0.39, 0.29) is 5.41 Å². The number of nitrogens with zero attached hydrogens (tertiary/aromatic N) is 2. The zero-order valence-corrected chi connectivity index (χ0v) is 35.8. The third kappa shape index (κ3) is 5.02. The lowest BCUT2D eigenvalue weighted by Crippen LogP contribution is -2.26. The Balaban J connectivity index is 1.07. The molecule has 64 heavy (non-hydrogen) atoms. The fraction of sp³-hybridized carbons (Fsp3) is 0.0645. The Morgan fingerprint density at radius 1 is 0.281 bits per heavy atom. The van der Waals surface area contributed by atoms with Gasteiger partial charge in [-0.05, 0) is 139 Å². The molecule has 3 aliphatic carbocycles. The molecule has 0 N–H and O–H groups in total. The van der Waals surface area contributed by atoms with Crippen LogP contribution < -0.4 is 9.80 Å². The topological polar surface area (TPSA) is 6.48 Å². The monoisotopic (exact) mass is 816 g/mol. The third-order valence-corrected chi connectivity index (χ3v) is 14.4. The van der Waals surface area contributed by atoms with Crippen LogP contribution in [-0.4, -0.2) is 0 Å². The second kappa shape index (κ2) is 13.8. The molecule has 0 bridgehead atoms. The van der Waals surface area contributed by atoms with Crippen molar-refractivity contribution < 1.29 is 0 Å². The van der Waals surface area contributed by atoms with Gasteiger partial charge in [0.05, 0.1) is 11.1 Å². The smallest absolute Gasteiger partial charge is 0.0726 e. The molecule has 10 aromatic carbocycles. The van der Waals surface area contributed by atoms with Crippen molar-refractivity contribution in [2.24, 2.45) is 0 Å². The van der Waals surface area contributed by atoms with Crippen molar-refractivity contribution in [2.75, 3.05) is 9.80 Å². The predicted molar refractivity (Wildman–Crippen MR) is 267 cm³/mol. The highest BCUT2D eigenvalue weighted by atomic mass is 15.1. The highest BCUT2D eigenvalue weighted by Crippen LogP contribution is 2.65. The summed E-state index contributed by atoms with van der Waals surface area (Å²) in [5, 5.41) is 2.48. The number of para-hydroxylation sites is 3. The summed E-state index contributed by atoms with van der Waals surface area (Å²) in [5.41, 5.74) is 22.0. The fourth-order valence-corrected chi connectivity index (χ4v) is 11.7. The van der Waals surface area contributed by atoms with Gasteiger partial charge in [-0.15, -0.1) is 0 Å². The summed E-state index contributed by atoms with van der Waals surface area (Å²) in [6.45, 7) is 4.73. The first-order valence-electron chi connectivity index (χ1n) is 22.4. The number of fused-ring (bicyclic) bond motifs is 15. The number of benzene rings is 10. The highest BCUT2D eigenvalue weighted by Gasteiger charge is 2.52. The van der Waals surface area contributed by atoms with Crippen LogP contribution in [0.5, 0.6) is 0 Å². The molecule has 0 heterocycles. The lowest BCUT2D eigenvalue weighted by atomic mass is 9.70. The SMILES string of the molecule is CC1(C)c2ccccc2-c2ccc(N(c3ccccc3)c3ccc4c(c3)-c3ccccc3C43c4ccccc4-c4c3cc(N(c3ccccc3)c3ccccc3)c3ccccc43)cc21. The second-order valence-electron chi connectivity index (χ2n) is 18.0. The molecule has 0 amide bonds. The van der Waals surface area contributed by atoms with Gasteiger partial charge in [-0.3, -0.25) is 0 Å². The number of rotatable bonds is 6. The molecule has 0 aliphatic heterocycles. The first-order chi connectivity index (χ1) is 31.5. The first-order valence-corrected chi connectivity index (χ1v) is 22.4. The van der Waals surface area contributed by atoms with E-state index in [0.717, 1.165) is 28.4 Å². The van der Waals surface area contributed by atoms with Gasteiger partial charge >= 0.3 is 0 Å². The van der Waals surface area contributed by atoms with Crippen LogP contribution in [0.15, 0.2) is 231 Å². The van der Waals surface area contributed by atoms with E-state index in [4.69, 9.17) is 0 Å². The molecule has 1 atom stereocenters. The molecule has 2 heteroatoms. The molecule has 0 aromatic heterocycles. The van der Waals surface area contributed by atoms with Crippen molar-refractivity contribution in [3.63, 3.8) is 0 Å². The Morgan fingerprint density at radius 3 is 1.39 bits per heavy atom. The Kier molecular flexibility index (Phi) is 7.90. The average molecular weight is 817 g/mol. The quantitative estimate of drug-likeness (QED) is 0.165. The van der Waals surface area contributed by atoms with Crippen LogP contribution in [0.4, 0.5) is 34.1 Å². The molecule has 10 aromatic rings. The van der Waals surface area contributed by atoms with Crippen LogP contribution in [0.2, 0.25) is 0 Å². The molecule has 13 rings (SSSR count). The zero-order chi connectivity index (χ0) is 42.6. The van der Waals surface area contributed by atoms with E-state index in [0.29, 0.717) is 0 Å². The van der Waals surface area contributed by atoms with Crippen molar-refractivity contribution in [3.8, 4) is 33.4 Å². The van der Waals surface area contributed by atoms with Crippen LogP contribution >= 0.6 is 0 Å². The van der Waals surface area contributed by atoms with Gasteiger partial charge in [-0.1, -0.05) is 178 Å². The summed E-state index contributed by atoms with van der Waals surface area (Å²) < 4.78 is 0. The number of hydrogen-bond donors (Lipinski definition) is 0. The van der Waals surface area contributed by atoms with Crippen LogP contribution in [0.1, 0.15) is 47.2 Å². The minimum absolute atomic E-state index is 0.115. The first kappa shape index (κ1) is 36.7. The maximum atomic E-state index is 2.53. The number of anilines is 6. The van der Waals surface area contributed by atoms with Crippen molar-refractivity contribution in [1.29, 1.82) is 0 Å². The molecule has 0 fully saturated rings. The van der Waals surface area contributed by atoms with Gasteiger partial charge in [-0.25, -0.2) is 0 Å². The Labute approximate surface area is 375 Å². The minimum atomic E-state index is -0.546. The van der Waals surface area contributed by atoms with Gasteiger partial charge in [0.1, 0.15) is 0 Å². The zero-order valence-electron chi connectivity index (χ0n) is 35.8. The highest BCUT2D eigenvalue weighted by molar-refractivity contribution is 6.12. The summed E-state index contributed by atoms with van der Waals surface area (Å²) in [6.07, 6.45) is 0. The molecular weight excluding hydrogens is 773 g/mol. The fourth-order valence-electron chi connectivity index (χ4n) is 11.7. The van der Waals surface area contributed by atoms with Crippen LogP contribution in [0.25, 0.3) is 44.2 Å². The van der Waals surface area contributed by atoms with Gasteiger partial charge in [0.2, 0.25) is 0 Å². The average Bonchev–Trinajstić information content (AvgIpc) is 3.91. The van der Waals surface area contributed by atoms with E-state index in [9.17, 15) is 0 Å². The third-order valence-electron chi connectivity index (χ3n) is 14.4. The molecule has 0 saturated heterocycles. The molecular formula is C62H44N2. The number of hydrogen-bond acceptors (Lipinski definition) is 2. The van der Waals surface area contributed by atoms with Crippen LogP contribution in [0.3, 0.4) is 0 Å². The maximum Gasteiger partial charge on any atom is 0.0726 e. The second-order valence-corrected chi connectivity index (χ2v) is 18.0. The Hall–Kier alpha value is -7.94. The van der Waals surface area contributed by atoms with Crippen LogP contribution in [0, 0.1) is 0 Å². The molecule has 3 aliphatic rings. The van der Waals surface area contributed by atoms with E-state index in [1.54, 1.807) is 0 Å². The van der Waals surface area contributed by atoms with Gasteiger partial charge < -0.3 is 9.80 Å². The predicted octanol–water partition coefficient (Wildman–Crippen LogP) is 16.4. The largest absolute Gasteiger partial charge is 0.310 e. The summed E-state index contributed by atoms with van der Waals surface area (Å²) in [4.78, 5) is 4.89. The molecule has 0 radical (unpaired) electrons. The molecule has 1 spiro atoms. The standard InChI is InChI=1S/C62H44N2/c1-61(2)53-31-17-14-26-46(53)48-36-34-45(39-57(48)61)63(41-20-6-3-7-21-41)44-35-37-56-52(38-44)47-27-15-18-32-54(47)62(56)55-33-19-16-30-51(55)60-50-29-13-12-28-49(50)59(40-58(60)62)64(42-22-8-4-9-23-42)43-24-10-5-11-25-43/h3-40H,1-2H3. The molecule has 2 nitrogen and oxygen atoms in total. The summed E-state index contributed by atoms with van der Waals surface area (Å²) >= 11 is 0. The summed E-state index contributed by atoms with van der Waals surface area (Å²) in [6, 6.07) is 85.7. The van der Waals surface area contributed by atoms with Crippen molar-refractivity contribution >= 4 is 44.9 Å². The van der Waals surface area contributed by atoms with E-state index < -0.39 is 5.41 Å². The van der Waals surface area contributed by atoms with E-state index in [2.05, 4.69) is 254 Å². The van der Waals surface area contributed by atoms with Crippen molar-refractivity contribution in [2.45, 2.75) is 24.7 Å². The molecule has 1 unspecified atom stereocenters. The van der Waals surface area contributed by atoms with E-state index >= 15 is 0 Å². The summed E-state index contributed by atoms with van der Waals surface area (Å²) in [7, 11) is 0.